The summed E-state index contributed by atoms with van der Waals surface area (Å²) in [5.41, 5.74) is -1.24. The smallest absolute Gasteiger partial charge is 0.349 e. The summed E-state index contributed by atoms with van der Waals surface area (Å²) in [4.78, 5) is 25.6. The number of nitrogens with zero attached hydrogens (tertiary/aromatic N) is 1. The first kappa shape index (κ1) is 61.6. The van der Waals surface area contributed by atoms with Crippen molar-refractivity contribution in [1.29, 1.82) is 0 Å². The molecule has 0 radical (unpaired) electrons. The maximum absolute atomic E-state index is 14.5. The first-order valence-corrected chi connectivity index (χ1v) is 15.8. The van der Waals surface area contributed by atoms with Gasteiger partial charge in [0.1, 0.15) is 0 Å². The lowest BCUT2D eigenvalue weighted by Gasteiger charge is -2.47. The van der Waals surface area contributed by atoms with Crippen LogP contribution in [0.25, 0.3) is 0 Å². The number of alkyl halides is 35. The lowest BCUT2D eigenvalue weighted by atomic mass is 9.82. The van der Waals surface area contributed by atoms with Crippen LogP contribution in [0.4, 0.5) is 159 Å². The summed E-state index contributed by atoms with van der Waals surface area (Å²) < 4.78 is 485. The normalized spacial score (nSPS) is 16.4. The van der Waals surface area contributed by atoms with Gasteiger partial charge in [0.05, 0.1) is 5.69 Å². The van der Waals surface area contributed by atoms with Crippen LogP contribution < -0.4 is 5.32 Å². The number of carbonyl (C=O) groups excluding carboxylic acids is 2. The minimum absolute atomic E-state index is 0.0190. The number of aliphatic imine (C=N–C) groups is 1. The summed E-state index contributed by atoms with van der Waals surface area (Å²) in [7, 11) is 0. The van der Waals surface area contributed by atoms with Crippen LogP contribution in [0, 0.1) is 6.92 Å². The van der Waals surface area contributed by atoms with E-state index in [9.17, 15) is 163 Å². The fourth-order valence-corrected chi connectivity index (χ4v) is 4.81. The van der Waals surface area contributed by atoms with Crippen molar-refractivity contribution in [2.24, 2.45) is 4.99 Å². The first-order chi connectivity index (χ1) is 29.2. The molecule has 0 saturated carbocycles. The topological polar surface area (TPSA) is 58.5 Å². The Morgan fingerprint density at radius 2 is 0.706 bits per heavy atom. The second-order valence-electron chi connectivity index (χ2n) is 13.6. The molecule has 0 heterocycles. The molecule has 4 nitrogen and oxygen atoms in total. The Kier molecular flexibility index (Phi) is 15.1. The second-order valence-corrected chi connectivity index (χ2v) is 13.6. The van der Waals surface area contributed by atoms with Crippen LogP contribution in [0.15, 0.2) is 23.2 Å². The number of isocyanates is 1. The van der Waals surface area contributed by atoms with Crippen LogP contribution in [0.1, 0.15) is 29.3 Å². The zero-order chi connectivity index (χ0) is 55.3. The zero-order valence-corrected chi connectivity index (χ0v) is 31.0. The molecule has 1 N–H and O–H groups in total. The third-order valence-electron chi connectivity index (χ3n) is 8.90. The molecule has 1 unspecified atom stereocenters. The SMILES string of the molecule is Cc1cc(C(=O)NC(C)CC(F)(F)C(F)(F)C(F)(F)C(F)(F)C(F)(F)C(F)(F)C(F)(F)C(F)(F)C(F)(F)C(F)(F)C(F)(F)C(F)(F)C(F)(F)C(F)(F)C(F)(F)C(F)(F)C(F)(F)F)ccc1N=C=O. The average molecular weight is 1090 g/mol. The highest BCUT2D eigenvalue weighted by Gasteiger charge is 3.02. The van der Waals surface area contributed by atoms with E-state index >= 15 is 0 Å². The van der Waals surface area contributed by atoms with Crippen molar-refractivity contribution in [3.05, 3.63) is 29.3 Å². The highest BCUT2D eigenvalue weighted by Crippen LogP contribution is 2.70. The molecule has 396 valence electrons. The molecule has 39 heteroatoms. The predicted octanol–water partition coefficient (Wildman–Crippen LogP) is 13.2. The molecule has 1 aromatic carbocycles. The largest absolute Gasteiger partial charge is 0.460 e. The van der Waals surface area contributed by atoms with Crippen molar-refractivity contribution in [2.45, 2.75) is 127 Å². The maximum atomic E-state index is 14.5. The van der Waals surface area contributed by atoms with Crippen LogP contribution in [-0.2, 0) is 4.79 Å². The monoisotopic (exact) mass is 1090 g/mol. The fraction of sp³-hybridized carbons (Fsp3) is 0.724. The van der Waals surface area contributed by atoms with Crippen LogP contribution >= 0.6 is 0 Å². The molecule has 1 rings (SSSR count). The van der Waals surface area contributed by atoms with Crippen molar-refractivity contribution in [3.8, 4) is 0 Å². The van der Waals surface area contributed by atoms with Gasteiger partial charge in [-0.1, -0.05) is 0 Å². The molecule has 0 aliphatic carbocycles. The molecule has 0 bridgehead atoms. The Bertz CT molecular complexity index is 2080. The van der Waals surface area contributed by atoms with Gasteiger partial charge in [-0.25, -0.2) is 4.79 Å². The third-order valence-corrected chi connectivity index (χ3v) is 8.90. The second kappa shape index (κ2) is 16.6. The molecule has 0 saturated heterocycles. The molecule has 1 amide bonds. The van der Waals surface area contributed by atoms with Crippen LogP contribution in [0.2, 0.25) is 0 Å². The van der Waals surface area contributed by atoms with Crippen LogP contribution in [-0.4, -0.2) is 119 Å². The van der Waals surface area contributed by atoms with Gasteiger partial charge in [0, 0.05) is 18.0 Å². The predicted molar refractivity (Wildman–Crippen MR) is 146 cm³/mol. The van der Waals surface area contributed by atoms with Crippen molar-refractivity contribution < 1.29 is 163 Å². The van der Waals surface area contributed by atoms with E-state index in [2.05, 4.69) is 4.99 Å². The highest BCUT2D eigenvalue weighted by molar-refractivity contribution is 5.95. The number of aryl methyl sites for hydroxylation is 1. The molecule has 68 heavy (non-hydrogen) atoms. The minimum Gasteiger partial charge on any atom is -0.349 e. The van der Waals surface area contributed by atoms with E-state index in [0.717, 1.165) is 19.1 Å². The van der Waals surface area contributed by atoms with Gasteiger partial charge in [-0.3, -0.25) is 4.79 Å². The highest BCUT2D eigenvalue weighted by atomic mass is 19.4. The average Bonchev–Trinajstić information content (AvgIpc) is 3.13. The summed E-state index contributed by atoms with van der Waals surface area (Å²) in [6.07, 6.45) is -10.8. The number of halogens is 35. The summed E-state index contributed by atoms with van der Waals surface area (Å²) in [6, 6.07) is -0.835. The number of amides is 1. The van der Waals surface area contributed by atoms with Gasteiger partial charge in [-0.15, -0.1) is 0 Å². The van der Waals surface area contributed by atoms with Gasteiger partial charge in [0.25, 0.3) is 5.91 Å². The first-order valence-electron chi connectivity index (χ1n) is 15.8. The van der Waals surface area contributed by atoms with Crippen molar-refractivity contribution in [1.82, 2.24) is 5.32 Å². The molecule has 0 aromatic heterocycles. The van der Waals surface area contributed by atoms with Gasteiger partial charge in [0.15, 0.2) is 0 Å². The Labute approximate surface area is 348 Å². The van der Waals surface area contributed by atoms with Crippen molar-refractivity contribution in [3.63, 3.8) is 0 Å². The van der Waals surface area contributed by atoms with E-state index in [1.165, 1.54) is 5.32 Å². The summed E-state index contributed by atoms with van der Waals surface area (Å²) >= 11 is 0. The number of nitrogens with one attached hydrogen (secondary N) is 1. The van der Waals surface area contributed by atoms with E-state index in [-0.39, 0.29) is 18.2 Å². The maximum Gasteiger partial charge on any atom is 0.460 e. The molecule has 1 atom stereocenters. The molecule has 0 spiro atoms. The Morgan fingerprint density at radius 3 is 0.941 bits per heavy atom. The van der Waals surface area contributed by atoms with Gasteiger partial charge in [-0.05, 0) is 37.6 Å². The molecule has 0 aliphatic heterocycles. The van der Waals surface area contributed by atoms with Gasteiger partial charge in [-0.2, -0.15) is 159 Å². The Balaban J connectivity index is 3.90. The summed E-state index contributed by atoms with van der Waals surface area (Å²) in [5.74, 6) is -157. The van der Waals surface area contributed by atoms with Crippen molar-refractivity contribution in [2.75, 3.05) is 0 Å². The number of carbonyl (C=O) groups is 1. The number of rotatable bonds is 20. The van der Waals surface area contributed by atoms with Gasteiger partial charge < -0.3 is 5.32 Å². The Hall–Kier alpha value is -4.38. The Morgan fingerprint density at radius 1 is 0.456 bits per heavy atom. The third kappa shape index (κ3) is 7.96. The number of hydrogen-bond donors (Lipinski definition) is 1. The van der Waals surface area contributed by atoms with Crippen molar-refractivity contribution >= 4 is 17.7 Å². The minimum atomic E-state index is -10.4. The summed E-state index contributed by atoms with van der Waals surface area (Å²) in [6.45, 7) is 1.06. The molecule has 1 aromatic rings. The van der Waals surface area contributed by atoms with E-state index in [0.29, 0.717) is 12.1 Å². The van der Waals surface area contributed by atoms with Crippen LogP contribution in [0.3, 0.4) is 0 Å². The molecule has 0 fully saturated rings. The summed E-state index contributed by atoms with van der Waals surface area (Å²) in [5, 5.41) is 1.20. The van der Waals surface area contributed by atoms with E-state index in [4.69, 9.17) is 0 Å². The number of hydrogen-bond acceptors (Lipinski definition) is 3. The molecular weight excluding hydrogens is 1070 g/mol. The fourth-order valence-electron chi connectivity index (χ4n) is 4.81. The lowest BCUT2D eigenvalue weighted by Crippen LogP contribution is -2.80. The quantitative estimate of drug-likeness (QED) is 0.0804. The molecular formula is C29H13F35N2O2. The van der Waals surface area contributed by atoms with Gasteiger partial charge >= 0.3 is 101 Å². The van der Waals surface area contributed by atoms with E-state index < -0.39 is 125 Å². The standard InChI is InChI=1S/C29H13F35N2O2/c1-8-5-10(3-4-11(8)65-7-67)12(68)66-9(2)6-13(30,31)14(32,33)15(34,35)16(36,37)17(38,39)18(40,41)19(42,43)20(44,45)21(46,47)22(48,49)23(50,51)24(52,53)25(54,55)26(56,57)27(58,59)28(60,61)29(62,63)64/h3-5,9H,6H2,1-2H3,(H,66,68). The molecule has 0 aliphatic rings. The number of benzene rings is 1. The van der Waals surface area contributed by atoms with E-state index in [1.54, 1.807) is 0 Å². The lowest BCUT2D eigenvalue weighted by molar-refractivity contribution is -0.492. The zero-order valence-electron chi connectivity index (χ0n) is 31.0. The van der Waals surface area contributed by atoms with Crippen LogP contribution in [0.5, 0.6) is 0 Å². The van der Waals surface area contributed by atoms with E-state index in [1.807, 2.05) is 0 Å². The van der Waals surface area contributed by atoms with Gasteiger partial charge in [0.2, 0.25) is 6.08 Å².